The van der Waals surface area contributed by atoms with Crippen LogP contribution < -0.4 is 0 Å². The molecule has 2 bridgehead atoms. The van der Waals surface area contributed by atoms with Gasteiger partial charge < -0.3 is 9.84 Å². The van der Waals surface area contributed by atoms with Crippen LogP contribution in [0.1, 0.15) is 58.4 Å². The van der Waals surface area contributed by atoms with E-state index in [-0.39, 0.29) is 10.8 Å². The van der Waals surface area contributed by atoms with Crippen LogP contribution >= 0.6 is 0 Å². The zero-order valence-electron chi connectivity index (χ0n) is 15.2. The van der Waals surface area contributed by atoms with Crippen molar-refractivity contribution < 1.29 is 14.6 Å². The van der Waals surface area contributed by atoms with E-state index in [0.29, 0.717) is 5.92 Å². The maximum absolute atomic E-state index is 12.0. The van der Waals surface area contributed by atoms with Crippen LogP contribution in [0.5, 0.6) is 0 Å². The van der Waals surface area contributed by atoms with E-state index in [1.165, 1.54) is 5.56 Å². The van der Waals surface area contributed by atoms with E-state index in [4.69, 9.17) is 4.74 Å². The van der Waals surface area contributed by atoms with Gasteiger partial charge in [0.25, 0.3) is 0 Å². The predicted octanol–water partition coefficient (Wildman–Crippen LogP) is 4.65. The molecule has 2 saturated carbocycles. The maximum Gasteiger partial charge on any atom is 0.309 e. The SMILES string of the molecule is CCOCC1(C)CC2CC(C)(C(=O)O)CC(c3ccccc3)(C2)C1. The highest BCUT2D eigenvalue weighted by Crippen LogP contribution is 2.61. The first-order chi connectivity index (χ1) is 11.3. The molecule has 0 saturated heterocycles. The van der Waals surface area contributed by atoms with Crippen molar-refractivity contribution in [2.75, 3.05) is 13.2 Å². The van der Waals surface area contributed by atoms with Crippen molar-refractivity contribution in [1.29, 1.82) is 0 Å². The normalized spacial score (nSPS) is 38.7. The second-order valence-corrected chi connectivity index (χ2v) is 8.79. The molecule has 2 aliphatic carbocycles. The van der Waals surface area contributed by atoms with E-state index in [0.717, 1.165) is 45.3 Å². The fourth-order valence-electron chi connectivity index (χ4n) is 5.75. The topological polar surface area (TPSA) is 46.5 Å². The molecular formula is C21H30O3. The quantitative estimate of drug-likeness (QED) is 0.854. The first-order valence-corrected chi connectivity index (χ1v) is 9.18. The van der Waals surface area contributed by atoms with E-state index in [1.54, 1.807) is 0 Å². The number of hydrogen-bond donors (Lipinski definition) is 1. The molecule has 0 aliphatic heterocycles. The second kappa shape index (κ2) is 6.18. The summed E-state index contributed by atoms with van der Waals surface area (Å²) in [5, 5.41) is 9.86. The highest BCUT2D eigenvalue weighted by Gasteiger charge is 2.56. The lowest BCUT2D eigenvalue weighted by atomic mass is 9.47. The average Bonchev–Trinajstić information content (AvgIpc) is 2.52. The molecule has 3 heteroatoms. The number of carboxylic acid groups (broad SMARTS) is 1. The van der Waals surface area contributed by atoms with Crippen molar-refractivity contribution >= 4 is 5.97 Å². The van der Waals surface area contributed by atoms with Crippen LogP contribution in [0.25, 0.3) is 0 Å². The molecule has 0 radical (unpaired) electrons. The van der Waals surface area contributed by atoms with Crippen LogP contribution in [0, 0.1) is 16.7 Å². The summed E-state index contributed by atoms with van der Waals surface area (Å²) in [4.78, 5) is 12.0. The molecule has 4 atom stereocenters. The molecular weight excluding hydrogens is 300 g/mol. The van der Waals surface area contributed by atoms with E-state index >= 15 is 0 Å². The van der Waals surface area contributed by atoms with Gasteiger partial charge in [-0.15, -0.1) is 0 Å². The summed E-state index contributed by atoms with van der Waals surface area (Å²) in [5.74, 6) is -0.180. The van der Waals surface area contributed by atoms with Gasteiger partial charge in [0.1, 0.15) is 0 Å². The van der Waals surface area contributed by atoms with Gasteiger partial charge >= 0.3 is 5.97 Å². The summed E-state index contributed by atoms with van der Waals surface area (Å²) in [7, 11) is 0. The van der Waals surface area contributed by atoms with Crippen LogP contribution in [0.4, 0.5) is 0 Å². The third-order valence-corrected chi connectivity index (χ3v) is 6.25. The molecule has 2 aliphatic rings. The summed E-state index contributed by atoms with van der Waals surface area (Å²) in [6.07, 6.45) is 4.73. The Kier molecular flexibility index (Phi) is 4.50. The Morgan fingerprint density at radius 1 is 1.17 bits per heavy atom. The third kappa shape index (κ3) is 3.11. The summed E-state index contributed by atoms with van der Waals surface area (Å²) in [5.41, 5.74) is 0.784. The third-order valence-electron chi connectivity index (χ3n) is 6.25. The summed E-state index contributed by atoms with van der Waals surface area (Å²) >= 11 is 0. The van der Waals surface area contributed by atoms with Crippen molar-refractivity contribution in [3.05, 3.63) is 35.9 Å². The van der Waals surface area contributed by atoms with Crippen LogP contribution in [-0.2, 0) is 14.9 Å². The molecule has 1 aromatic rings. The van der Waals surface area contributed by atoms with Crippen LogP contribution in [-0.4, -0.2) is 24.3 Å². The van der Waals surface area contributed by atoms with E-state index in [9.17, 15) is 9.90 Å². The van der Waals surface area contributed by atoms with Crippen molar-refractivity contribution in [3.63, 3.8) is 0 Å². The van der Waals surface area contributed by atoms with Gasteiger partial charge in [0.2, 0.25) is 0 Å². The Balaban J connectivity index is 2.00. The number of benzene rings is 1. The highest BCUT2D eigenvalue weighted by molar-refractivity contribution is 5.74. The first kappa shape index (κ1) is 17.5. The molecule has 0 heterocycles. The van der Waals surface area contributed by atoms with Crippen LogP contribution in [0.3, 0.4) is 0 Å². The molecule has 1 aromatic carbocycles. The minimum Gasteiger partial charge on any atom is -0.481 e. The monoisotopic (exact) mass is 330 g/mol. The number of carbonyl (C=O) groups is 1. The smallest absolute Gasteiger partial charge is 0.309 e. The summed E-state index contributed by atoms with van der Waals surface area (Å²) in [6, 6.07) is 10.6. The summed E-state index contributed by atoms with van der Waals surface area (Å²) in [6.45, 7) is 7.84. The minimum absolute atomic E-state index is 0.0403. The zero-order valence-corrected chi connectivity index (χ0v) is 15.2. The molecule has 2 fully saturated rings. The van der Waals surface area contributed by atoms with Gasteiger partial charge in [-0.25, -0.2) is 0 Å². The lowest BCUT2D eigenvalue weighted by Crippen LogP contribution is -2.53. The van der Waals surface area contributed by atoms with Gasteiger partial charge in [-0.2, -0.15) is 0 Å². The number of hydrogen-bond acceptors (Lipinski definition) is 2. The molecule has 1 N–H and O–H groups in total. The standard InChI is InChI=1S/C21H30O3/c1-4-24-15-19(2)10-16-11-20(3,18(22)23)14-21(12-16,13-19)17-8-6-5-7-9-17/h5-9,16H,4,10-15H2,1-3H3,(H,22,23). The molecule has 132 valence electrons. The van der Waals surface area contributed by atoms with Gasteiger partial charge in [-0.1, -0.05) is 37.3 Å². The summed E-state index contributed by atoms with van der Waals surface area (Å²) < 4.78 is 5.81. The van der Waals surface area contributed by atoms with Gasteiger partial charge in [0.15, 0.2) is 0 Å². The Bertz CT molecular complexity index is 598. The molecule has 0 spiro atoms. The zero-order chi connectivity index (χ0) is 17.4. The predicted molar refractivity (Wildman–Crippen MR) is 95.0 cm³/mol. The van der Waals surface area contributed by atoms with Crippen LogP contribution in [0.2, 0.25) is 0 Å². The van der Waals surface area contributed by atoms with Crippen molar-refractivity contribution in [2.45, 2.75) is 58.3 Å². The highest BCUT2D eigenvalue weighted by atomic mass is 16.5. The minimum atomic E-state index is -0.638. The largest absolute Gasteiger partial charge is 0.481 e. The van der Waals surface area contributed by atoms with E-state index in [1.807, 2.05) is 19.9 Å². The van der Waals surface area contributed by atoms with E-state index < -0.39 is 11.4 Å². The fourth-order valence-corrected chi connectivity index (χ4v) is 5.75. The van der Waals surface area contributed by atoms with Crippen molar-refractivity contribution in [1.82, 2.24) is 0 Å². The second-order valence-electron chi connectivity index (χ2n) is 8.79. The lowest BCUT2D eigenvalue weighted by molar-refractivity contribution is -0.156. The molecule has 3 nitrogen and oxygen atoms in total. The number of aliphatic carboxylic acids is 1. The van der Waals surface area contributed by atoms with Gasteiger partial charge in [-0.05, 0) is 68.3 Å². The number of ether oxygens (including phenoxy) is 1. The first-order valence-electron chi connectivity index (χ1n) is 9.18. The number of rotatable bonds is 5. The fraction of sp³-hybridized carbons (Fsp3) is 0.667. The van der Waals surface area contributed by atoms with E-state index in [2.05, 4.69) is 31.2 Å². The molecule has 24 heavy (non-hydrogen) atoms. The van der Waals surface area contributed by atoms with Crippen molar-refractivity contribution in [2.24, 2.45) is 16.7 Å². The maximum atomic E-state index is 12.0. The Labute approximate surface area is 145 Å². The Hall–Kier alpha value is -1.35. The van der Waals surface area contributed by atoms with Crippen molar-refractivity contribution in [3.8, 4) is 0 Å². The lowest BCUT2D eigenvalue weighted by Gasteiger charge is -2.57. The molecule has 4 unspecified atom stereocenters. The number of fused-ring (bicyclic) bond motifs is 2. The Morgan fingerprint density at radius 2 is 1.88 bits per heavy atom. The Morgan fingerprint density at radius 3 is 2.50 bits per heavy atom. The van der Waals surface area contributed by atoms with Gasteiger partial charge in [0, 0.05) is 6.61 Å². The average molecular weight is 330 g/mol. The number of carboxylic acids is 1. The molecule has 0 aromatic heterocycles. The van der Waals surface area contributed by atoms with Gasteiger partial charge in [0.05, 0.1) is 12.0 Å². The molecule has 3 rings (SSSR count). The van der Waals surface area contributed by atoms with Gasteiger partial charge in [-0.3, -0.25) is 4.79 Å². The van der Waals surface area contributed by atoms with Crippen LogP contribution in [0.15, 0.2) is 30.3 Å². The molecule has 0 amide bonds.